The maximum Gasteiger partial charge on any atom is 0.256 e. The fourth-order valence-corrected chi connectivity index (χ4v) is 5.99. The van der Waals surface area contributed by atoms with Gasteiger partial charge in [-0.3, -0.25) is 28.8 Å². The SMILES string of the molecule is CC(C)CC1C(=O)N[C@H](C)C(=O)N[C@@H](Cc2ccccc2)C(=O)N[C@H](C)C(=O)Nc2ccccc2C(=O)N2CCCC[C@H]2C(=O)N1C. The minimum Gasteiger partial charge on any atom is -0.343 e. The minimum absolute atomic E-state index is 0.0345. The molecule has 1 unspecified atom stereocenters. The van der Waals surface area contributed by atoms with E-state index in [4.69, 9.17) is 0 Å². The fraction of sp³-hybridized carbons (Fsp3) is 0.486. The van der Waals surface area contributed by atoms with Crippen LogP contribution in [0.2, 0.25) is 0 Å². The maximum absolute atomic E-state index is 14.1. The summed E-state index contributed by atoms with van der Waals surface area (Å²) < 4.78 is 0. The normalized spacial score (nSPS) is 25.4. The number of carbonyl (C=O) groups excluding carboxylic acids is 6. The molecule has 2 aromatic carbocycles. The van der Waals surface area contributed by atoms with E-state index in [0.29, 0.717) is 25.8 Å². The van der Waals surface area contributed by atoms with Gasteiger partial charge in [0.25, 0.3) is 5.91 Å². The zero-order chi connectivity index (χ0) is 34.2. The average molecular weight is 647 g/mol. The standard InChI is InChI=1S/C35H46N6O6/c1-21(2)19-29-33(45)37-23(4)31(43)39-27(20-24-13-7-6-8-14-24)32(44)36-22(3)30(42)38-26-16-10-9-15-25(26)34(46)41-18-12-11-17-28(41)35(47)40(29)5/h6-10,13-16,21-23,27-29H,11-12,17-20H2,1-5H3,(H,36,44)(H,37,45)(H,38,42)(H,39,43)/t22-,23-,27+,28+,29?/m1/s1. The highest BCUT2D eigenvalue weighted by Crippen LogP contribution is 2.26. The fourth-order valence-electron chi connectivity index (χ4n) is 5.99. The first-order chi connectivity index (χ1) is 22.4. The molecule has 0 aliphatic carbocycles. The van der Waals surface area contributed by atoms with Crippen LogP contribution in [0.4, 0.5) is 5.69 Å². The number of piperidine rings is 1. The van der Waals surface area contributed by atoms with Crippen LogP contribution in [0.5, 0.6) is 0 Å². The number of nitrogens with zero attached hydrogens (tertiary/aromatic N) is 2. The van der Waals surface area contributed by atoms with E-state index < -0.39 is 59.7 Å². The quantitative estimate of drug-likeness (QED) is 0.399. The topological polar surface area (TPSA) is 157 Å². The number of hydrogen-bond acceptors (Lipinski definition) is 6. The van der Waals surface area contributed by atoms with Crippen LogP contribution in [-0.2, 0) is 30.4 Å². The highest BCUT2D eigenvalue weighted by molar-refractivity contribution is 6.07. The first-order valence-electron chi connectivity index (χ1n) is 16.3. The molecule has 0 bridgehead atoms. The van der Waals surface area contributed by atoms with E-state index in [1.165, 1.54) is 23.6 Å². The third-order valence-electron chi connectivity index (χ3n) is 8.70. The Bertz CT molecular complexity index is 1480. The number of nitrogens with one attached hydrogen (secondary N) is 4. The number of likely N-dealkylation sites (N-methyl/N-ethyl adjacent to an activating group) is 1. The number of hydrogen-bond donors (Lipinski definition) is 4. The van der Waals surface area contributed by atoms with Gasteiger partial charge in [-0.1, -0.05) is 56.3 Å². The third kappa shape index (κ3) is 8.75. The lowest BCUT2D eigenvalue weighted by Crippen LogP contribution is -2.59. The maximum atomic E-state index is 14.1. The predicted molar refractivity (Wildman–Crippen MR) is 177 cm³/mol. The largest absolute Gasteiger partial charge is 0.343 e. The van der Waals surface area contributed by atoms with Crippen LogP contribution in [-0.4, -0.2) is 89.0 Å². The van der Waals surface area contributed by atoms with Crippen molar-refractivity contribution in [3.8, 4) is 0 Å². The van der Waals surface area contributed by atoms with Gasteiger partial charge in [-0.2, -0.15) is 0 Å². The second-order valence-corrected chi connectivity index (χ2v) is 12.9. The number of fused-ring (bicyclic) bond motifs is 2. The average Bonchev–Trinajstić information content (AvgIpc) is 3.05. The van der Waals surface area contributed by atoms with E-state index in [0.717, 1.165) is 12.0 Å². The van der Waals surface area contributed by atoms with Crippen LogP contribution >= 0.6 is 0 Å². The van der Waals surface area contributed by atoms with Gasteiger partial charge in [0.1, 0.15) is 30.2 Å². The number of carbonyl (C=O) groups is 6. The van der Waals surface area contributed by atoms with Crippen molar-refractivity contribution in [3.63, 3.8) is 0 Å². The molecule has 0 spiro atoms. The molecular weight excluding hydrogens is 600 g/mol. The monoisotopic (exact) mass is 646 g/mol. The van der Waals surface area contributed by atoms with Crippen LogP contribution in [0.25, 0.3) is 0 Å². The van der Waals surface area contributed by atoms with Crippen LogP contribution in [0.3, 0.4) is 0 Å². The Labute approximate surface area is 276 Å². The molecule has 12 nitrogen and oxygen atoms in total. The van der Waals surface area contributed by atoms with Gasteiger partial charge in [-0.05, 0) is 63.1 Å². The molecule has 12 heteroatoms. The molecule has 0 aromatic heterocycles. The molecule has 1 fully saturated rings. The first kappa shape index (κ1) is 35.1. The summed E-state index contributed by atoms with van der Waals surface area (Å²) in [7, 11) is 1.55. The zero-order valence-electron chi connectivity index (χ0n) is 27.7. The molecular formula is C35H46N6O6. The van der Waals surface area contributed by atoms with Gasteiger partial charge >= 0.3 is 0 Å². The molecule has 2 aromatic rings. The van der Waals surface area contributed by atoms with Crippen molar-refractivity contribution < 1.29 is 28.8 Å². The zero-order valence-corrected chi connectivity index (χ0v) is 27.7. The number of benzene rings is 2. The summed E-state index contributed by atoms with van der Waals surface area (Å²) in [5.74, 6) is -3.03. The second kappa shape index (κ2) is 15.7. The smallest absolute Gasteiger partial charge is 0.256 e. The van der Waals surface area contributed by atoms with Gasteiger partial charge in [0.05, 0.1) is 11.3 Å². The Balaban J connectivity index is 1.74. The lowest BCUT2D eigenvalue weighted by molar-refractivity contribution is -0.144. The molecule has 4 N–H and O–H groups in total. The van der Waals surface area contributed by atoms with Crippen molar-refractivity contribution in [2.45, 2.75) is 90.0 Å². The van der Waals surface area contributed by atoms with Crippen molar-refractivity contribution in [3.05, 3.63) is 65.7 Å². The molecule has 47 heavy (non-hydrogen) atoms. The van der Waals surface area contributed by atoms with Crippen LogP contribution in [0.1, 0.15) is 69.3 Å². The molecule has 0 radical (unpaired) electrons. The van der Waals surface area contributed by atoms with Crippen molar-refractivity contribution in [1.29, 1.82) is 0 Å². The lowest BCUT2D eigenvalue weighted by Gasteiger charge is -2.39. The minimum atomic E-state index is -1.07. The van der Waals surface area contributed by atoms with Gasteiger partial charge in [0.2, 0.25) is 29.5 Å². The van der Waals surface area contributed by atoms with E-state index in [9.17, 15) is 28.8 Å². The van der Waals surface area contributed by atoms with E-state index in [2.05, 4.69) is 21.3 Å². The number of amides is 6. The number of anilines is 1. The van der Waals surface area contributed by atoms with Crippen LogP contribution in [0.15, 0.2) is 54.6 Å². The Morgan fingerprint density at radius 1 is 0.766 bits per heavy atom. The molecule has 2 heterocycles. The predicted octanol–water partition coefficient (Wildman–Crippen LogP) is 2.24. The molecule has 5 atom stereocenters. The number of para-hydroxylation sites is 1. The van der Waals surface area contributed by atoms with Crippen molar-refractivity contribution in [2.75, 3.05) is 18.9 Å². The summed E-state index contributed by atoms with van der Waals surface area (Å²) >= 11 is 0. The molecule has 252 valence electrons. The van der Waals surface area contributed by atoms with Crippen molar-refractivity contribution in [1.82, 2.24) is 25.8 Å². The van der Waals surface area contributed by atoms with Gasteiger partial charge in [0, 0.05) is 20.0 Å². The van der Waals surface area contributed by atoms with E-state index in [-0.39, 0.29) is 29.5 Å². The Hall–Kier alpha value is -4.74. The summed E-state index contributed by atoms with van der Waals surface area (Å²) in [4.78, 5) is 85.0. The number of rotatable bonds is 4. The first-order valence-corrected chi connectivity index (χ1v) is 16.3. The van der Waals surface area contributed by atoms with Gasteiger partial charge in [0.15, 0.2) is 0 Å². The van der Waals surface area contributed by atoms with E-state index >= 15 is 0 Å². The summed E-state index contributed by atoms with van der Waals surface area (Å²) in [6.07, 6.45) is 2.31. The van der Waals surface area contributed by atoms with Crippen LogP contribution < -0.4 is 21.3 Å². The molecule has 2 aliphatic rings. The molecule has 2 aliphatic heterocycles. The van der Waals surface area contributed by atoms with Gasteiger partial charge < -0.3 is 31.1 Å². The summed E-state index contributed by atoms with van der Waals surface area (Å²) in [6, 6.07) is 10.8. The Kier molecular flexibility index (Phi) is 11.7. The summed E-state index contributed by atoms with van der Waals surface area (Å²) in [5, 5.41) is 10.9. The molecule has 4 rings (SSSR count). The highest BCUT2D eigenvalue weighted by Gasteiger charge is 2.39. The molecule has 6 amide bonds. The van der Waals surface area contributed by atoms with Gasteiger partial charge in [-0.15, -0.1) is 0 Å². The van der Waals surface area contributed by atoms with E-state index in [1.807, 2.05) is 44.2 Å². The van der Waals surface area contributed by atoms with Crippen molar-refractivity contribution in [2.24, 2.45) is 5.92 Å². The second-order valence-electron chi connectivity index (χ2n) is 12.9. The van der Waals surface area contributed by atoms with Gasteiger partial charge in [-0.25, -0.2) is 0 Å². The Morgan fingerprint density at radius 3 is 2.11 bits per heavy atom. The van der Waals surface area contributed by atoms with E-state index in [1.54, 1.807) is 31.3 Å². The Morgan fingerprint density at radius 2 is 1.40 bits per heavy atom. The lowest BCUT2D eigenvalue weighted by atomic mass is 9.96. The highest BCUT2D eigenvalue weighted by atomic mass is 16.2. The molecule has 1 saturated heterocycles. The molecule has 0 saturated carbocycles. The van der Waals surface area contributed by atoms with Crippen LogP contribution in [0, 0.1) is 5.92 Å². The third-order valence-corrected chi connectivity index (χ3v) is 8.70. The van der Waals surface area contributed by atoms with Crippen molar-refractivity contribution >= 4 is 41.1 Å². The summed E-state index contributed by atoms with van der Waals surface area (Å²) in [5.41, 5.74) is 1.23. The summed E-state index contributed by atoms with van der Waals surface area (Å²) in [6.45, 7) is 7.22.